The lowest BCUT2D eigenvalue weighted by Gasteiger charge is -2.24. The van der Waals surface area contributed by atoms with E-state index < -0.39 is 6.04 Å². The number of benzene rings is 2. The van der Waals surface area contributed by atoms with Crippen LogP contribution >= 0.6 is 11.8 Å². The molecule has 2 aromatic rings. The fourth-order valence-corrected chi connectivity index (χ4v) is 4.05. The Morgan fingerprint density at radius 3 is 2.65 bits per heavy atom. The maximum Gasteiger partial charge on any atom is 0.255 e. The zero-order chi connectivity index (χ0) is 18.7. The predicted molar refractivity (Wildman–Crippen MR) is 108 cm³/mol. The van der Waals surface area contributed by atoms with Gasteiger partial charge in [-0.25, -0.2) is 0 Å². The Morgan fingerprint density at radius 1 is 1.15 bits per heavy atom. The molecular formula is C20H23N3O2S. The van der Waals surface area contributed by atoms with E-state index in [1.165, 1.54) is 0 Å². The van der Waals surface area contributed by atoms with E-state index in [1.54, 1.807) is 22.7 Å². The molecule has 1 aliphatic heterocycles. The Balaban J connectivity index is 1.76. The second-order valence-corrected chi connectivity index (χ2v) is 7.59. The quantitative estimate of drug-likeness (QED) is 0.899. The summed E-state index contributed by atoms with van der Waals surface area (Å²) in [6.07, 6.45) is 0. The van der Waals surface area contributed by atoms with Crippen LogP contribution in [0.15, 0.2) is 48.5 Å². The van der Waals surface area contributed by atoms with Gasteiger partial charge in [0.05, 0.1) is 5.88 Å². The van der Waals surface area contributed by atoms with E-state index in [9.17, 15) is 9.59 Å². The van der Waals surface area contributed by atoms with Gasteiger partial charge in [-0.1, -0.05) is 18.2 Å². The summed E-state index contributed by atoms with van der Waals surface area (Å²) < 4.78 is 0. The van der Waals surface area contributed by atoms with Crippen LogP contribution in [0, 0.1) is 6.92 Å². The van der Waals surface area contributed by atoms with Crippen molar-refractivity contribution in [3.05, 3.63) is 59.7 Å². The number of carbonyl (C=O) groups excluding carboxylic acids is 2. The molecule has 3 rings (SSSR count). The van der Waals surface area contributed by atoms with Crippen LogP contribution in [-0.4, -0.2) is 48.5 Å². The summed E-state index contributed by atoms with van der Waals surface area (Å²) in [7, 11) is 3.88. The van der Waals surface area contributed by atoms with Crippen LogP contribution in [0.3, 0.4) is 0 Å². The van der Waals surface area contributed by atoms with Gasteiger partial charge in [0.15, 0.2) is 0 Å². The van der Waals surface area contributed by atoms with E-state index in [4.69, 9.17) is 0 Å². The lowest BCUT2D eigenvalue weighted by Crippen LogP contribution is -2.44. The Kier molecular flexibility index (Phi) is 5.52. The zero-order valence-electron chi connectivity index (χ0n) is 15.2. The van der Waals surface area contributed by atoms with E-state index in [-0.39, 0.29) is 11.8 Å². The molecule has 1 fully saturated rings. The van der Waals surface area contributed by atoms with E-state index in [1.807, 2.05) is 68.4 Å². The molecule has 26 heavy (non-hydrogen) atoms. The molecule has 1 heterocycles. The molecule has 5 nitrogen and oxygen atoms in total. The molecule has 2 aromatic carbocycles. The van der Waals surface area contributed by atoms with Gasteiger partial charge in [0.1, 0.15) is 6.04 Å². The number of rotatable bonds is 4. The number of amides is 2. The SMILES string of the molecule is Cc1cccc(NC(=O)C2CSCN2C(=O)c2cccc(N(C)C)c2)c1. The number of aryl methyl sites for hydroxylation is 1. The third-order valence-corrected chi connectivity index (χ3v) is 5.35. The van der Waals surface area contributed by atoms with E-state index in [0.717, 1.165) is 16.9 Å². The van der Waals surface area contributed by atoms with Gasteiger partial charge in [0.25, 0.3) is 5.91 Å². The van der Waals surface area contributed by atoms with Gasteiger partial charge in [-0.05, 0) is 42.8 Å². The van der Waals surface area contributed by atoms with Gasteiger partial charge in [-0.3, -0.25) is 9.59 Å². The predicted octanol–water partition coefficient (Wildman–Crippen LogP) is 3.21. The first-order valence-electron chi connectivity index (χ1n) is 8.49. The Bertz CT molecular complexity index is 822. The van der Waals surface area contributed by atoms with Crippen molar-refractivity contribution >= 4 is 35.0 Å². The van der Waals surface area contributed by atoms with Crippen molar-refractivity contribution in [3.63, 3.8) is 0 Å². The van der Waals surface area contributed by atoms with Gasteiger partial charge in [0.2, 0.25) is 5.91 Å². The standard InChI is InChI=1S/C20H23N3O2S/c1-14-6-4-8-16(10-14)21-19(24)18-12-26-13-23(18)20(25)15-7-5-9-17(11-15)22(2)3/h4-11,18H,12-13H2,1-3H3,(H,21,24). The summed E-state index contributed by atoms with van der Waals surface area (Å²) in [5.41, 5.74) is 3.40. The average molecular weight is 369 g/mol. The molecular weight excluding hydrogens is 346 g/mol. The smallest absolute Gasteiger partial charge is 0.255 e. The molecule has 1 unspecified atom stereocenters. The van der Waals surface area contributed by atoms with Crippen molar-refractivity contribution < 1.29 is 9.59 Å². The minimum atomic E-state index is -0.462. The minimum absolute atomic E-state index is 0.108. The molecule has 1 saturated heterocycles. The summed E-state index contributed by atoms with van der Waals surface area (Å²) in [4.78, 5) is 29.3. The number of nitrogens with one attached hydrogen (secondary N) is 1. The van der Waals surface area contributed by atoms with Gasteiger partial charge in [-0.2, -0.15) is 0 Å². The Morgan fingerprint density at radius 2 is 1.92 bits per heavy atom. The number of nitrogens with zero attached hydrogens (tertiary/aromatic N) is 2. The molecule has 1 aliphatic rings. The second kappa shape index (κ2) is 7.83. The highest BCUT2D eigenvalue weighted by Crippen LogP contribution is 2.25. The summed E-state index contributed by atoms with van der Waals surface area (Å²) in [6.45, 7) is 1.98. The first-order chi connectivity index (χ1) is 12.5. The van der Waals surface area contributed by atoms with E-state index in [0.29, 0.717) is 17.2 Å². The highest BCUT2D eigenvalue weighted by Gasteiger charge is 2.35. The molecule has 0 radical (unpaired) electrons. The molecule has 0 aromatic heterocycles. The zero-order valence-corrected chi connectivity index (χ0v) is 16.0. The fraction of sp³-hybridized carbons (Fsp3) is 0.300. The van der Waals surface area contributed by atoms with E-state index >= 15 is 0 Å². The van der Waals surface area contributed by atoms with Crippen LogP contribution in [0.25, 0.3) is 0 Å². The van der Waals surface area contributed by atoms with E-state index in [2.05, 4.69) is 5.32 Å². The van der Waals surface area contributed by atoms with Gasteiger partial charge in [0, 0.05) is 36.8 Å². The summed E-state index contributed by atoms with van der Waals surface area (Å²) >= 11 is 1.60. The molecule has 0 bridgehead atoms. The van der Waals surface area contributed by atoms with Crippen molar-refractivity contribution in [2.75, 3.05) is 35.9 Å². The first-order valence-corrected chi connectivity index (χ1v) is 9.65. The van der Waals surface area contributed by atoms with Crippen LogP contribution in [0.2, 0.25) is 0 Å². The summed E-state index contributed by atoms with van der Waals surface area (Å²) in [5, 5.41) is 2.94. The largest absolute Gasteiger partial charge is 0.378 e. The molecule has 1 atom stereocenters. The van der Waals surface area contributed by atoms with Crippen molar-refractivity contribution in [1.29, 1.82) is 0 Å². The minimum Gasteiger partial charge on any atom is -0.378 e. The van der Waals surface area contributed by atoms with Gasteiger partial charge in [-0.15, -0.1) is 11.8 Å². The lowest BCUT2D eigenvalue weighted by molar-refractivity contribution is -0.119. The summed E-state index contributed by atoms with van der Waals surface area (Å²) in [5.74, 6) is 0.883. The van der Waals surface area contributed by atoms with Crippen LogP contribution in [0.1, 0.15) is 15.9 Å². The number of carbonyl (C=O) groups is 2. The highest BCUT2D eigenvalue weighted by molar-refractivity contribution is 7.99. The highest BCUT2D eigenvalue weighted by atomic mass is 32.2. The average Bonchev–Trinajstić information content (AvgIpc) is 3.11. The van der Waals surface area contributed by atoms with Gasteiger partial charge < -0.3 is 15.1 Å². The molecule has 1 N–H and O–H groups in total. The Hall–Kier alpha value is -2.47. The number of thioether (sulfide) groups is 1. The lowest BCUT2D eigenvalue weighted by atomic mass is 10.1. The molecule has 6 heteroatoms. The van der Waals surface area contributed by atoms with Crippen molar-refractivity contribution in [2.45, 2.75) is 13.0 Å². The molecule has 0 spiro atoms. The van der Waals surface area contributed by atoms with Crippen LogP contribution in [0.5, 0.6) is 0 Å². The number of hydrogen-bond donors (Lipinski definition) is 1. The molecule has 0 aliphatic carbocycles. The van der Waals surface area contributed by atoms with Crippen molar-refractivity contribution in [1.82, 2.24) is 4.90 Å². The maximum absolute atomic E-state index is 13.0. The normalized spacial score (nSPS) is 16.4. The Labute approximate surface area is 158 Å². The topological polar surface area (TPSA) is 52.7 Å². The third kappa shape index (κ3) is 4.02. The molecule has 136 valence electrons. The van der Waals surface area contributed by atoms with Gasteiger partial charge >= 0.3 is 0 Å². The van der Waals surface area contributed by atoms with Crippen LogP contribution in [0.4, 0.5) is 11.4 Å². The summed E-state index contributed by atoms with van der Waals surface area (Å²) in [6, 6.07) is 14.7. The third-order valence-electron chi connectivity index (χ3n) is 4.34. The first kappa shape index (κ1) is 18.3. The van der Waals surface area contributed by atoms with Crippen molar-refractivity contribution in [3.8, 4) is 0 Å². The second-order valence-electron chi connectivity index (χ2n) is 6.59. The fourth-order valence-electron chi connectivity index (χ4n) is 2.89. The van der Waals surface area contributed by atoms with Crippen LogP contribution in [-0.2, 0) is 4.79 Å². The molecule has 2 amide bonds. The van der Waals surface area contributed by atoms with Crippen molar-refractivity contribution in [2.24, 2.45) is 0 Å². The monoisotopic (exact) mass is 369 g/mol. The van der Waals surface area contributed by atoms with Crippen LogP contribution < -0.4 is 10.2 Å². The maximum atomic E-state index is 13.0. The molecule has 0 saturated carbocycles. The number of anilines is 2. The number of hydrogen-bond acceptors (Lipinski definition) is 4.